The Kier molecular flexibility index (Phi) is 7.51. The lowest BCUT2D eigenvalue weighted by Crippen LogP contribution is -2.27. The van der Waals surface area contributed by atoms with Gasteiger partial charge >= 0.3 is 0 Å². The molecule has 0 unspecified atom stereocenters. The third kappa shape index (κ3) is 5.11. The van der Waals surface area contributed by atoms with Gasteiger partial charge in [-0.2, -0.15) is 5.10 Å². The summed E-state index contributed by atoms with van der Waals surface area (Å²) in [5.41, 5.74) is -2.36. The number of nitrogens with zero attached hydrogens (tertiary/aromatic N) is 2. The van der Waals surface area contributed by atoms with Gasteiger partial charge in [-0.25, -0.2) is 26.6 Å². The summed E-state index contributed by atoms with van der Waals surface area (Å²) >= 11 is 5.85. The molecule has 0 atom stereocenters. The van der Waals surface area contributed by atoms with Crippen LogP contribution in [0.1, 0.15) is 24.3 Å². The van der Waals surface area contributed by atoms with Gasteiger partial charge in [-0.05, 0) is 30.2 Å². The molecular weight excluding hydrogens is 547 g/mol. The van der Waals surface area contributed by atoms with E-state index in [4.69, 9.17) is 16.3 Å². The molecule has 1 amide bonds. The SMILES string of the molecule is COc1ncc(Cl)cc1S(=O)(=O)Nc1ccc(F)c(-c2ccc3c(C(=O)NCC(C)C)n[nH]c3c2F)c1F. The number of methoxy groups -OCH3 is 1. The minimum atomic E-state index is -4.51. The zero-order valence-corrected chi connectivity index (χ0v) is 21.8. The number of carbonyl (C=O) groups is 1. The second kappa shape index (κ2) is 10.5. The fraction of sp³-hybridized carbons (Fsp3) is 0.208. The Balaban J connectivity index is 1.76. The van der Waals surface area contributed by atoms with Gasteiger partial charge in [0.15, 0.2) is 22.2 Å². The molecule has 0 saturated carbocycles. The number of aromatic amines is 1. The number of aromatic nitrogens is 3. The van der Waals surface area contributed by atoms with Crippen molar-refractivity contribution in [2.75, 3.05) is 18.4 Å². The van der Waals surface area contributed by atoms with Crippen LogP contribution >= 0.6 is 11.6 Å². The molecule has 0 fully saturated rings. The third-order valence-corrected chi connectivity index (χ3v) is 7.00. The monoisotopic (exact) mass is 567 g/mol. The van der Waals surface area contributed by atoms with Crippen molar-refractivity contribution in [3.8, 4) is 17.0 Å². The van der Waals surface area contributed by atoms with Gasteiger partial charge in [-0.1, -0.05) is 31.5 Å². The molecule has 2 aromatic heterocycles. The number of anilines is 1. The topological polar surface area (TPSA) is 126 Å². The number of hydrogen-bond donors (Lipinski definition) is 3. The average molecular weight is 568 g/mol. The largest absolute Gasteiger partial charge is 0.480 e. The smallest absolute Gasteiger partial charge is 0.272 e. The molecule has 9 nitrogen and oxygen atoms in total. The average Bonchev–Trinajstić information content (AvgIpc) is 3.30. The lowest BCUT2D eigenvalue weighted by molar-refractivity contribution is 0.0945. The Hall–Kier alpha value is -3.84. The lowest BCUT2D eigenvalue weighted by atomic mass is 10.0. The number of nitrogens with one attached hydrogen (secondary N) is 3. The van der Waals surface area contributed by atoms with Gasteiger partial charge < -0.3 is 10.1 Å². The van der Waals surface area contributed by atoms with E-state index < -0.39 is 55.1 Å². The molecule has 4 aromatic rings. The molecule has 0 aliphatic rings. The number of amides is 1. The molecule has 200 valence electrons. The summed E-state index contributed by atoms with van der Waals surface area (Å²) in [4.78, 5) is 15.7. The van der Waals surface area contributed by atoms with Gasteiger partial charge in [0.05, 0.1) is 23.4 Å². The van der Waals surface area contributed by atoms with Crippen LogP contribution in [0.15, 0.2) is 41.4 Å². The van der Waals surface area contributed by atoms with E-state index in [1.54, 1.807) is 0 Å². The van der Waals surface area contributed by atoms with Crippen molar-refractivity contribution >= 4 is 44.1 Å². The number of rotatable bonds is 8. The van der Waals surface area contributed by atoms with Gasteiger partial charge in [-0.3, -0.25) is 14.6 Å². The van der Waals surface area contributed by atoms with E-state index in [1.807, 2.05) is 18.6 Å². The first-order valence-corrected chi connectivity index (χ1v) is 13.0. The van der Waals surface area contributed by atoms with Gasteiger partial charge in [0, 0.05) is 23.7 Å². The maximum atomic E-state index is 15.5. The number of H-pyrrole nitrogens is 1. The van der Waals surface area contributed by atoms with Gasteiger partial charge in [0.2, 0.25) is 5.88 Å². The molecule has 2 heterocycles. The van der Waals surface area contributed by atoms with E-state index in [0.29, 0.717) is 6.54 Å². The van der Waals surface area contributed by atoms with Crippen molar-refractivity contribution < 1.29 is 31.1 Å². The summed E-state index contributed by atoms with van der Waals surface area (Å²) in [6, 6.07) is 5.04. The number of benzene rings is 2. The standard InChI is InChI=1S/C24H21ClF3N5O4S/c1-11(2)9-29-23(34)22-14-5-4-13(19(27)21(14)31-32-22)18-15(26)6-7-16(20(18)28)33-38(35,36)17-8-12(25)10-30-24(17)37-3/h4-8,10-11,33H,9H2,1-3H3,(H,29,34)(H,31,32). The van der Waals surface area contributed by atoms with E-state index in [1.165, 1.54) is 13.2 Å². The van der Waals surface area contributed by atoms with E-state index in [2.05, 4.69) is 20.5 Å². The first kappa shape index (κ1) is 27.2. The quantitative estimate of drug-likeness (QED) is 0.278. The van der Waals surface area contributed by atoms with Crippen molar-refractivity contribution in [2.24, 2.45) is 5.92 Å². The number of halogens is 4. The maximum Gasteiger partial charge on any atom is 0.272 e. The van der Waals surface area contributed by atoms with Crippen LogP contribution in [0.25, 0.3) is 22.0 Å². The maximum absolute atomic E-state index is 15.5. The Morgan fingerprint density at radius 3 is 2.58 bits per heavy atom. The fourth-order valence-corrected chi connectivity index (χ4v) is 5.06. The molecule has 0 aliphatic heterocycles. The van der Waals surface area contributed by atoms with Gasteiger partial charge in [0.25, 0.3) is 15.9 Å². The summed E-state index contributed by atoms with van der Waals surface area (Å²) in [6.45, 7) is 4.16. The predicted molar refractivity (Wildman–Crippen MR) is 135 cm³/mol. The Morgan fingerprint density at radius 2 is 1.89 bits per heavy atom. The molecule has 3 N–H and O–H groups in total. The van der Waals surface area contributed by atoms with Crippen LogP contribution in [-0.4, -0.2) is 43.2 Å². The van der Waals surface area contributed by atoms with Crippen molar-refractivity contribution in [3.63, 3.8) is 0 Å². The fourth-order valence-electron chi connectivity index (χ4n) is 3.63. The first-order chi connectivity index (χ1) is 17.9. The second-order valence-electron chi connectivity index (χ2n) is 8.58. The van der Waals surface area contributed by atoms with Crippen LogP contribution in [0.4, 0.5) is 18.9 Å². The zero-order chi connectivity index (χ0) is 27.8. The highest BCUT2D eigenvalue weighted by Crippen LogP contribution is 2.36. The van der Waals surface area contributed by atoms with E-state index >= 15 is 8.78 Å². The zero-order valence-electron chi connectivity index (χ0n) is 20.2. The number of carbonyl (C=O) groups excluding carboxylic acids is 1. The van der Waals surface area contributed by atoms with E-state index in [9.17, 15) is 17.6 Å². The van der Waals surface area contributed by atoms with Crippen molar-refractivity contribution in [1.29, 1.82) is 0 Å². The van der Waals surface area contributed by atoms with Crippen LogP contribution in [0, 0.1) is 23.4 Å². The number of ether oxygens (including phenoxy) is 1. The summed E-state index contributed by atoms with van der Waals surface area (Å²) in [5, 5.41) is 8.98. The van der Waals surface area contributed by atoms with Crippen molar-refractivity contribution in [2.45, 2.75) is 18.7 Å². The van der Waals surface area contributed by atoms with Crippen LogP contribution in [0.5, 0.6) is 5.88 Å². The van der Waals surface area contributed by atoms with Crippen molar-refractivity contribution in [3.05, 3.63) is 64.7 Å². The Morgan fingerprint density at radius 1 is 1.16 bits per heavy atom. The Labute approximate surface area is 220 Å². The summed E-state index contributed by atoms with van der Waals surface area (Å²) in [6.07, 6.45) is 1.16. The van der Waals surface area contributed by atoms with Crippen LogP contribution in [0.3, 0.4) is 0 Å². The van der Waals surface area contributed by atoms with Crippen LogP contribution < -0.4 is 14.8 Å². The summed E-state index contributed by atoms with van der Waals surface area (Å²) in [5.74, 6) is -4.31. The lowest BCUT2D eigenvalue weighted by Gasteiger charge is -2.14. The molecule has 38 heavy (non-hydrogen) atoms. The molecule has 0 bridgehead atoms. The highest BCUT2D eigenvalue weighted by atomic mass is 35.5. The molecule has 2 aromatic carbocycles. The minimum Gasteiger partial charge on any atom is -0.480 e. The molecule has 0 saturated heterocycles. The molecule has 0 aliphatic carbocycles. The van der Waals surface area contributed by atoms with Gasteiger partial charge in [0.1, 0.15) is 11.3 Å². The molecular formula is C24H21ClF3N5O4S. The van der Waals surface area contributed by atoms with E-state index in [-0.39, 0.29) is 33.4 Å². The number of pyridine rings is 1. The second-order valence-corrected chi connectivity index (χ2v) is 10.7. The number of sulfonamides is 1. The molecule has 0 spiro atoms. The number of hydrogen-bond acceptors (Lipinski definition) is 6. The number of fused-ring (bicyclic) bond motifs is 1. The van der Waals surface area contributed by atoms with E-state index in [0.717, 1.165) is 30.5 Å². The molecule has 0 radical (unpaired) electrons. The van der Waals surface area contributed by atoms with Gasteiger partial charge in [-0.15, -0.1) is 0 Å². The summed E-state index contributed by atoms with van der Waals surface area (Å²) < 4.78 is 78.6. The minimum absolute atomic E-state index is 0.0290. The highest BCUT2D eigenvalue weighted by molar-refractivity contribution is 7.92. The predicted octanol–water partition coefficient (Wildman–Crippen LogP) is 4.89. The summed E-state index contributed by atoms with van der Waals surface area (Å²) in [7, 11) is -3.33. The third-order valence-electron chi connectivity index (χ3n) is 5.44. The van der Waals surface area contributed by atoms with Crippen molar-refractivity contribution in [1.82, 2.24) is 20.5 Å². The highest BCUT2D eigenvalue weighted by Gasteiger charge is 2.27. The first-order valence-electron chi connectivity index (χ1n) is 11.1. The molecule has 14 heteroatoms. The Bertz CT molecular complexity index is 1660. The van der Waals surface area contributed by atoms with Crippen LogP contribution in [-0.2, 0) is 10.0 Å². The molecule has 4 rings (SSSR count). The van der Waals surface area contributed by atoms with Crippen LogP contribution in [0.2, 0.25) is 5.02 Å². The normalized spacial score (nSPS) is 11.7.